The molecule has 0 saturated carbocycles. The van der Waals surface area contributed by atoms with E-state index in [-0.39, 0.29) is 11.8 Å². The molecule has 0 unspecified atom stereocenters. The summed E-state index contributed by atoms with van der Waals surface area (Å²) < 4.78 is 0. The summed E-state index contributed by atoms with van der Waals surface area (Å²) >= 11 is 0. The minimum Gasteiger partial charge on any atom is -0.279 e. The van der Waals surface area contributed by atoms with Crippen molar-refractivity contribution in [2.75, 3.05) is 12.0 Å². The van der Waals surface area contributed by atoms with Crippen LogP contribution in [0.25, 0.3) is 0 Å². The SMILES string of the molecule is O=C1c2ccccc2C(=O)N1CCC/C=N/Nc1ccccc1. The Labute approximate surface area is 134 Å². The molecule has 0 fully saturated rings. The number of hydrazone groups is 1. The van der Waals surface area contributed by atoms with Gasteiger partial charge in [-0.3, -0.25) is 19.9 Å². The molecule has 0 aliphatic carbocycles. The van der Waals surface area contributed by atoms with Crippen LogP contribution in [0.2, 0.25) is 0 Å². The third kappa shape index (κ3) is 3.29. The summed E-state index contributed by atoms with van der Waals surface area (Å²) in [5.41, 5.74) is 4.84. The van der Waals surface area contributed by atoms with Gasteiger partial charge < -0.3 is 0 Å². The van der Waals surface area contributed by atoms with Crippen LogP contribution < -0.4 is 5.43 Å². The first-order chi connectivity index (χ1) is 11.3. The molecule has 5 heteroatoms. The van der Waals surface area contributed by atoms with Gasteiger partial charge in [-0.2, -0.15) is 5.10 Å². The van der Waals surface area contributed by atoms with Crippen LogP contribution >= 0.6 is 0 Å². The van der Waals surface area contributed by atoms with Crippen molar-refractivity contribution in [3.05, 3.63) is 65.7 Å². The second-order valence-electron chi connectivity index (χ2n) is 5.24. The quantitative estimate of drug-likeness (QED) is 0.386. The average Bonchev–Trinajstić information content (AvgIpc) is 2.84. The van der Waals surface area contributed by atoms with Crippen molar-refractivity contribution in [2.45, 2.75) is 12.8 Å². The summed E-state index contributed by atoms with van der Waals surface area (Å²) in [4.78, 5) is 25.7. The van der Waals surface area contributed by atoms with Gasteiger partial charge in [-0.1, -0.05) is 30.3 Å². The molecule has 5 nitrogen and oxygen atoms in total. The van der Waals surface area contributed by atoms with Crippen LogP contribution in [-0.4, -0.2) is 29.5 Å². The van der Waals surface area contributed by atoms with Crippen molar-refractivity contribution < 1.29 is 9.59 Å². The van der Waals surface area contributed by atoms with E-state index in [1.54, 1.807) is 30.5 Å². The third-order valence-corrected chi connectivity index (χ3v) is 3.65. The number of anilines is 1. The lowest BCUT2D eigenvalue weighted by molar-refractivity contribution is 0.0653. The number of carbonyl (C=O) groups is 2. The summed E-state index contributed by atoms with van der Waals surface area (Å²) in [5, 5.41) is 4.12. The second-order valence-corrected chi connectivity index (χ2v) is 5.24. The molecule has 2 aromatic rings. The topological polar surface area (TPSA) is 61.8 Å². The number of nitrogens with zero attached hydrogens (tertiary/aromatic N) is 2. The Morgan fingerprint density at radius 1 is 0.913 bits per heavy atom. The van der Waals surface area contributed by atoms with Crippen LogP contribution in [-0.2, 0) is 0 Å². The molecule has 116 valence electrons. The number of amides is 2. The van der Waals surface area contributed by atoms with E-state index in [1.807, 2.05) is 30.3 Å². The molecular formula is C18H17N3O2. The van der Waals surface area contributed by atoms with Crippen molar-refractivity contribution in [3.8, 4) is 0 Å². The highest BCUT2D eigenvalue weighted by molar-refractivity contribution is 6.21. The minimum absolute atomic E-state index is 0.204. The Morgan fingerprint density at radius 2 is 1.52 bits per heavy atom. The van der Waals surface area contributed by atoms with E-state index in [0.717, 1.165) is 5.69 Å². The van der Waals surface area contributed by atoms with Gasteiger partial charge in [-0.25, -0.2) is 0 Å². The number of imide groups is 1. The number of nitrogens with one attached hydrogen (secondary N) is 1. The van der Waals surface area contributed by atoms with Gasteiger partial charge in [0, 0.05) is 12.8 Å². The number of unbranched alkanes of at least 4 members (excludes halogenated alkanes) is 1. The van der Waals surface area contributed by atoms with Crippen LogP contribution in [0.4, 0.5) is 5.69 Å². The van der Waals surface area contributed by atoms with Crippen LogP contribution in [0, 0.1) is 0 Å². The van der Waals surface area contributed by atoms with Gasteiger partial charge in [0.25, 0.3) is 11.8 Å². The lowest BCUT2D eigenvalue weighted by atomic mass is 10.1. The number of benzene rings is 2. The lowest BCUT2D eigenvalue weighted by Crippen LogP contribution is -2.30. The molecule has 1 heterocycles. The fourth-order valence-corrected chi connectivity index (χ4v) is 2.48. The maximum absolute atomic E-state index is 12.2. The predicted molar refractivity (Wildman–Crippen MR) is 89.6 cm³/mol. The molecule has 23 heavy (non-hydrogen) atoms. The number of para-hydroxylation sites is 1. The molecule has 2 amide bonds. The van der Waals surface area contributed by atoms with Crippen molar-refractivity contribution >= 4 is 23.7 Å². The third-order valence-electron chi connectivity index (χ3n) is 3.65. The Hall–Kier alpha value is -2.95. The number of fused-ring (bicyclic) bond motifs is 1. The van der Waals surface area contributed by atoms with E-state index in [9.17, 15) is 9.59 Å². The largest absolute Gasteiger partial charge is 0.279 e. The van der Waals surface area contributed by atoms with Gasteiger partial charge in [-0.15, -0.1) is 0 Å². The van der Waals surface area contributed by atoms with Gasteiger partial charge in [0.1, 0.15) is 0 Å². The first-order valence-electron chi connectivity index (χ1n) is 7.55. The fourth-order valence-electron chi connectivity index (χ4n) is 2.48. The van der Waals surface area contributed by atoms with Gasteiger partial charge in [0.15, 0.2) is 0 Å². The Morgan fingerprint density at radius 3 is 2.17 bits per heavy atom. The normalized spacial score (nSPS) is 13.7. The first-order valence-corrected chi connectivity index (χ1v) is 7.55. The monoisotopic (exact) mass is 307 g/mol. The van der Waals surface area contributed by atoms with Gasteiger partial charge in [0.05, 0.1) is 16.8 Å². The average molecular weight is 307 g/mol. The van der Waals surface area contributed by atoms with Crippen molar-refractivity contribution in [3.63, 3.8) is 0 Å². The number of hydrogen-bond acceptors (Lipinski definition) is 4. The van der Waals surface area contributed by atoms with E-state index in [4.69, 9.17) is 0 Å². The fraction of sp³-hybridized carbons (Fsp3) is 0.167. The van der Waals surface area contributed by atoms with E-state index >= 15 is 0 Å². The molecular weight excluding hydrogens is 290 g/mol. The van der Waals surface area contributed by atoms with Crippen molar-refractivity contribution in [2.24, 2.45) is 5.10 Å². The molecule has 0 radical (unpaired) electrons. The highest BCUT2D eigenvalue weighted by Crippen LogP contribution is 2.22. The van der Waals surface area contributed by atoms with Gasteiger partial charge in [0.2, 0.25) is 0 Å². The first kappa shape index (κ1) is 15.0. The molecule has 3 rings (SSSR count). The second kappa shape index (κ2) is 6.87. The van der Waals surface area contributed by atoms with E-state index in [0.29, 0.717) is 30.5 Å². The molecule has 1 aliphatic rings. The minimum atomic E-state index is -0.204. The summed E-state index contributed by atoms with van der Waals surface area (Å²) in [5.74, 6) is -0.408. The molecule has 0 aromatic heterocycles. The summed E-state index contributed by atoms with van der Waals surface area (Å²) in [6, 6.07) is 16.6. The maximum atomic E-state index is 12.2. The van der Waals surface area contributed by atoms with Crippen molar-refractivity contribution in [1.29, 1.82) is 0 Å². The number of hydrogen-bond donors (Lipinski definition) is 1. The smallest absolute Gasteiger partial charge is 0.261 e. The number of rotatable bonds is 6. The van der Waals surface area contributed by atoms with Gasteiger partial charge >= 0.3 is 0 Å². The molecule has 0 atom stereocenters. The summed E-state index contributed by atoms with van der Waals surface area (Å²) in [6.07, 6.45) is 3.13. The van der Waals surface area contributed by atoms with Crippen LogP contribution in [0.15, 0.2) is 59.7 Å². The molecule has 1 N–H and O–H groups in total. The van der Waals surface area contributed by atoms with Crippen molar-refractivity contribution in [1.82, 2.24) is 4.90 Å². The molecule has 1 aliphatic heterocycles. The van der Waals surface area contributed by atoms with E-state index < -0.39 is 0 Å². The maximum Gasteiger partial charge on any atom is 0.261 e. The predicted octanol–water partition coefficient (Wildman–Crippen LogP) is 3.16. The molecule has 0 spiro atoms. The highest BCUT2D eigenvalue weighted by atomic mass is 16.2. The summed E-state index contributed by atoms with van der Waals surface area (Å²) in [7, 11) is 0. The standard InChI is InChI=1S/C18H17N3O2/c22-17-15-10-4-5-11-16(15)18(23)21(17)13-7-6-12-19-20-14-8-2-1-3-9-14/h1-5,8-12,20H,6-7,13H2/b19-12+. The van der Waals surface area contributed by atoms with Crippen LogP contribution in [0.3, 0.4) is 0 Å². The zero-order chi connectivity index (χ0) is 16.1. The van der Waals surface area contributed by atoms with E-state index in [2.05, 4.69) is 10.5 Å². The van der Waals surface area contributed by atoms with Gasteiger partial charge in [-0.05, 0) is 37.1 Å². The zero-order valence-corrected chi connectivity index (χ0v) is 12.6. The van der Waals surface area contributed by atoms with E-state index in [1.165, 1.54) is 4.90 Å². The van der Waals surface area contributed by atoms with Crippen LogP contribution in [0.1, 0.15) is 33.6 Å². The Bertz CT molecular complexity index is 706. The molecule has 0 bridgehead atoms. The Kier molecular flexibility index (Phi) is 4.47. The molecule has 0 saturated heterocycles. The lowest BCUT2D eigenvalue weighted by Gasteiger charge is -2.12. The molecule has 2 aromatic carbocycles. The highest BCUT2D eigenvalue weighted by Gasteiger charge is 2.34. The summed E-state index contributed by atoms with van der Waals surface area (Å²) in [6.45, 7) is 0.406. The van der Waals surface area contributed by atoms with Crippen LogP contribution in [0.5, 0.6) is 0 Å². The zero-order valence-electron chi connectivity index (χ0n) is 12.6. The number of carbonyl (C=O) groups excluding carboxylic acids is 2. The Balaban J connectivity index is 1.47.